The molecule has 3 aromatic rings. The van der Waals surface area contributed by atoms with E-state index in [1.54, 1.807) is 11.3 Å². The van der Waals surface area contributed by atoms with Gasteiger partial charge in [0.15, 0.2) is 0 Å². The summed E-state index contributed by atoms with van der Waals surface area (Å²) in [6.45, 7) is 6.70. The van der Waals surface area contributed by atoms with Crippen LogP contribution in [0.3, 0.4) is 0 Å². The summed E-state index contributed by atoms with van der Waals surface area (Å²) < 4.78 is 1.26. The van der Waals surface area contributed by atoms with Crippen molar-refractivity contribution in [3.63, 3.8) is 0 Å². The fraction of sp³-hybridized carbons (Fsp3) is 0.235. The number of aromatic nitrogens is 1. The molecule has 19 heavy (non-hydrogen) atoms. The largest absolute Gasteiger partial charge is 0.236 e. The summed E-state index contributed by atoms with van der Waals surface area (Å²) in [4.78, 5) is 4.78. The van der Waals surface area contributed by atoms with Crippen LogP contribution in [0.5, 0.6) is 0 Å². The summed E-state index contributed by atoms with van der Waals surface area (Å²) in [6, 6.07) is 17.0. The molecule has 0 aliphatic rings. The third-order valence-electron chi connectivity index (χ3n) is 3.27. The highest BCUT2D eigenvalue weighted by molar-refractivity contribution is 7.21. The molecule has 0 aliphatic carbocycles. The number of hydrogen-bond donors (Lipinski definition) is 0. The van der Waals surface area contributed by atoms with Crippen molar-refractivity contribution in [2.75, 3.05) is 0 Å². The molecule has 0 aliphatic heterocycles. The molecule has 0 atom stereocenters. The summed E-state index contributed by atoms with van der Waals surface area (Å²) >= 11 is 1.76. The molecule has 2 aromatic carbocycles. The highest BCUT2D eigenvalue weighted by atomic mass is 32.1. The van der Waals surface area contributed by atoms with Crippen molar-refractivity contribution in [2.45, 2.75) is 26.2 Å². The number of benzene rings is 2. The van der Waals surface area contributed by atoms with Gasteiger partial charge in [0.1, 0.15) is 5.01 Å². The van der Waals surface area contributed by atoms with Gasteiger partial charge in [0, 0.05) is 5.56 Å². The second-order valence-corrected chi connectivity index (χ2v) is 6.85. The zero-order valence-electron chi connectivity index (χ0n) is 11.5. The van der Waals surface area contributed by atoms with Gasteiger partial charge in [0.2, 0.25) is 0 Å². The Balaban J connectivity index is 2.12. The summed E-state index contributed by atoms with van der Waals surface area (Å²) in [5, 5.41) is 1.10. The van der Waals surface area contributed by atoms with Crippen molar-refractivity contribution in [2.24, 2.45) is 0 Å². The maximum atomic E-state index is 4.78. The van der Waals surface area contributed by atoms with Crippen LogP contribution in [0, 0.1) is 0 Å². The number of rotatable bonds is 1. The van der Waals surface area contributed by atoms with E-state index in [-0.39, 0.29) is 5.41 Å². The Morgan fingerprint density at radius 1 is 0.947 bits per heavy atom. The smallest absolute Gasteiger partial charge is 0.124 e. The predicted molar refractivity (Wildman–Crippen MR) is 83.8 cm³/mol. The minimum Gasteiger partial charge on any atom is -0.236 e. The van der Waals surface area contributed by atoms with Gasteiger partial charge in [-0.05, 0) is 23.1 Å². The normalized spacial score (nSPS) is 11.9. The Kier molecular flexibility index (Phi) is 2.90. The number of fused-ring (bicyclic) bond motifs is 1. The van der Waals surface area contributed by atoms with E-state index in [1.165, 1.54) is 15.8 Å². The van der Waals surface area contributed by atoms with Gasteiger partial charge in [0.05, 0.1) is 10.2 Å². The molecule has 2 heteroatoms. The number of nitrogens with zero attached hydrogens (tertiary/aromatic N) is 1. The van der Waals surface area contributed by atoms with Crippen LogP contribution < -0.4 is 0 Å². The van der Waals surface area contributed by atoms with Crippen LogP contribution in [0.1, 0.15) is 26.3 Å². The Morgan fingerprint density at radius 3 is 2.37 bits per heavy atom. The Labute approximate surface area is 117 Å². The third-order valence-corrected chi connectivity index (χ3v) is 4.36. The van der Waals surface area contributed by atoms with E-state index in [0.29, 0.717) is 0 Å². The van der Waals surface area contributed by atoms with Crippen LogP contribution in [0.15, 0.2) is 48.5 Å². The first kappa shape index (κ1) is 12.4. The summed E-state index contributed by atoms with van der Waals surface area (Å²) in [5.74, 6) is 0. The van der Waals surface area contributed by atoms with E-state index < -0.39 is 0 Å². The van der Waals surface area contributed by atoms with E-state index in [4.69, 9.17) is 4.98 Å². The first-order valence-corrected chi connectivity index (χ1v) is 7.32. The van der Waals surface area contributed by atoms with Gasteiger partial charge < -0.3 is 0 Å². The summed E-state index contributed by atoms with van der Waals surface area (Å²) in [6.07, 6.45) is 0. The lowest BCUT2D eigenvalue weighted by atomic mass is 9.87. The molecule has 0 fully saturated rings. The van der Waals surface area contributed by atoms with Crippen LogP contribution in [-0.4, -0.2) is 4.98 Å². The van der Waals surface area contributed by atoms with Crippen LogP contribution in [0.2, 0.25) is 0 Å². The SMILES string of the molecule is CC(C)(C)c1ccc2sc(-c3ccccc3)nc2c1. The Morgan fingerprint density at radius 2 is 1.68 bits per heavy atom. The van der Waals surface area contributed by atoms with E-state index in [0.717, 1.165) is 10.5 Å². The minimum atomic E-state index is 0.171. The molecule has 0 bridgehead atoms. The first-order chi connectivity index (χ1) is 9.04. The van der Waals surface area contributed by atoms with Crippen LogP contribution in [0.25, 0.3) is 20.8 Å². The quantitative estimate of drug-likeness (QED) is 0.586. The second-order valence-electron chi connectivity index (χ2n) is 5.82. The zero-order chi connectivity index (χ0) is 13.5. The lowest BCUT2D eigenvalue weighted by Gasteiger charge is -2.18. The minimum absolute atomic E-state index is 0.171. The van der Waals surface area contributed by atoms with Gasteiger partial charge in [-0.25, -0.2) is 4.98 Å². The van der Waals surface area contributed by atoms with E-state index in [9.17, 15) is 0 Å². The average Bonchev–Trinajstić information content (AvgIpc) is 2.81. The molecular formula is C17H17NS. The molecule has 0 amide bonds. The summed E-state index contributed by atoms with van der Waals surface area (Å²) in [7, 11) is 0. The van der Waals surface area contributed by atoms with E-state index in [2.05, 4.69) is 63.2 Å². The van der Waals surface area contributed by atoms with Gasteiger partial charge in [-0.3, -0.25) is 0 Å². The molecule has 0 unspecified atom stereocenters. The molecule has 3 rings (SSSR count). The van der Waals surface area contributed by atoms with Gasteiger partial charge >= 0.3 is 0 Å². The fourth-order valence-corrected chi connectivity index (χ4v) is 3.05. The van der Waals surface area contributed by atoms with Crippen LogP contribution in [0.4, 0.5) is 0 Å². The molecule has 0 spiro atoms. The van der Waals surface area contributed by atoms with Crippen molar-refractivity contribution in [1.29, 1.82) is 0 Å². The lowest BCUT2D eigenvalue weighted by molar-refractivity contribution is 0.591. The van der Waals surface area contributed by atoms with Gasteiger partial charge in [-0.1, -0.05) is 57.2 Å². The van der Waals surface area contributed by atoms with Crippen molar-refractivity contribution >= 4 is 21.6 Å². The van der Waals surface area contributed by atoms with E-state index >= 15 is 0 Å². The molecule has 0 saturated heterocycles. The standard InChI is InChI=1S/C17H17NS/c1-17(2,3)13-9-10-15-14(11-13)18-16(19-15)12-7-5-4-6-8-12/h4-11H,1-3H3. The Bertz CT molecular complexity index is 705. The molecule has 1 heterocycles. The van der Waals surface area contributed by atoms with Crippen LogP contribution in [-0.2, 0) is 5.41 Å². The number of hydrogen-bond acceptors (Lipinski definition) is 2. The third kappa shape index (κ3) is 2.41. The molecule has 1 aromatic heterocycles. The fourth-order valence-electron chi connectivity index (χ4n) is 2.10. The van der Waals surface area contributed by atoms with Crippen molar-refractivity contribution in [1.82, 2.24) is 4.98 Å². The molecule has 0 saturated carbocycles. The van der Waals surface area contributed by atoms with Crippen LogP contribution >= 0.6 is 11.3 Å². The van der Waals surface area contributed by atoms with Gasteiger partial charge in [0.25, 0.3) is 0 Å². The maximum absolute atomic E-state index is 4.78. The molecule has 1 nitrogen and oxygen atoms in total. The average molecular weight is 267 g/mol. The van der Waals surface area contributed by atoms with E-state index in [1.807, 2.05) is 6.07 Å². The highest BCUT2D eigenvalue weighted by Gasteiger charge is 2.15. The Hall–Kier alpha value is -1.67. The van der Waals surface area contributed by atoms with Gasteiger partial charge in [-0.2, -0.15) is 0 Å². The molecule has 0 radical (unpaired) electrons. The topological polar surface area (TPSA) is 12.9 Å². The second kappa shape index (κ2) is 4.46. The highest BCUT2D eigenvalue weighted by Crippen LogP contribution is 2.32. The first-order valence-electron chi connectivity index (χ1n) is 6.50. The summed E-state index contributed by atoms with van der Waals surface area (Å²) in [5.41, 5.74) is 3.81. The van der Waals surface area contributed by atoms with Gasteiger partial charge in [-0.15, -0.1) is 11.3 Å². The van der Waals surface area contributed by atoms with Crippen molar-refractivity contribution < 1.29 is 0 Å². The molecule has 0 N–H and O–H groups in total. The zero-order valence-corrected chi connectivity index (χ0v) is 12.3. The molecular weight excluding hydrogens is 250 g/mol. The number of thiazole rings is 1. The predicted octanol–water partition coefficient (Wildman–Crippen LogP) is 5.26. The molecule has 96 valence electrons. The lowest BCUT2D eigenvalue weighted by Crippen LogP contribution is -2.10. The van der Waals surface area contributed by atoms with Crippen molar-refractivity contribution in [3.8, 4) is 10.6 Å². The van der Waals surface area contributed by atoms with Crippen molar-refractivity contribution in [3.05, 3.63) is 54.1 Å². The monoisotopic (exact) mass is 267 g/mol. The maximum Gasteiger partial charge on any atom is 0.124 e.